The van der Waals surface area contributed by atoms with Gasteiger partial charge in [0.2, 0.25) is 0 Å². The summed E-state index contributed by atoms with van der Waals surface area (Å²) in [7, 11) is -1.37. The molecule has 0 atom stereocenters. The van der Waals surface area contributed by atoms with Gasteiger partial charge >= 0.3 is 9.28 Å². The Kier molecular flexibility index (Phi) is 7.12. The Bertz CT molecular complexity index is 311. The molecule has 3 nitrogen and oxygen atoms in total. The molecule has 0 aliphatic heterocycles. The molecule has 1 radical (unpaired) electrons. The van der Waals surface area contributed by atoms with E-state index in [-0.39, 0.29) is 6.61 Å². The number of aliphatic hydroxyl groups excluding tert-OH is 1. The largest absolute Gasteiger partial charge is 0.423 e. The van der Waals surface area contributed by atoms with Crippen LogP contribution in [0.1, 0.15) is 25.8 Å². The van der Waals surface area contributed by atoms with Crippen molar-refractivity contribution in [1.29, 1.82) is 0 Å². The first-order chi connectivity index (χ1) is 8.33. The minimum atomic E-state index is -1.37. The molecule has 95 valence electrons. The van der Waals surface area contributed by atoms with Gasteiger partial charge in [-0.25, -0.2) is 0 Å². The maximum absolute atomic E-state index is 8.91. The van der Waals surface area contributed by atoms with E-state index in [1.807, 2.05) is 26.0 Å². The van der Waals surface area contributed by atoms with E-state index in [4.69, 9.17) is 14.0 Å². The topological polar surface area (TPSA) is 38.7 Å². The maximum Gasteiger partial charge on any atom is 0.423 e. The second-order valence-electron chi connectivity index (χ2n) is 3.64. The van der Waals surface area contributed by atoms with E-state index < -0.39 is 9.28 Å². The molecule has 0 fully saturated rings. The van der Waals surface area contributed by atoms with Gasteiger partial charge in [0.05, 0.1) is 0 Å². The summed E-state index contributed by atoms with van der Waals surface area (Å²) in [4.78, 5) is 0. The Hall–Kier alpha value is -0.683. The normalized spacial score (nSPS) is 11.1. The Morgan fingerprint density at radius 3 is 2.35 bits per heavy atom. The zero-order chi connectivity index (χ0) is 12.5. The average molecular weight is 253 g/mol. The van der Waals surface area contributed by atoms with Crippen molar-refractivity contribution in [2.75, 3.05) is 19.8 Å². The van der Waals surface area contributed by atoms with Crippen molar-refractivity contribution >= 4 is 14.5 Å². The third-order valence-corrected chi connectivity index (χ3v) is 4.42. The van der Waals surface area contributed by atoms with Gasteiger partial charge in [-0.2, -0.15) is 0 Å². The highest BCUT2D eigenvalue weighted by atomic mass is 28.3. The second kappa shape index (κ2) is 8.41. The molecule has 1 rings (SSSR count). The molecule has 1 aromatic rings. The van der Waals surface area contributed by atoms with Crippen molar-refractivity contribution < 1.29 is 14.0 Å². The zero-order valence-electron chi connectivity index (χ0n) is 10.6. The minimum Gasteiger partial charge on any atom is -0.396 e. The molecule has 0 saturated carbocycles. The predicted octanol–water partition coefficient (Wildman–Crippen LogP) is 1.38. The highest BCUT2D eigenvalue weighted by molar-refractivity contribution is 6.61. The molecule has 17 heavy (non-hydrogen) atoms. The molecule has 0 unspecified atom stereocenters. The smallest absolute Gasteiger partial charge is 0.396 e. The van der Waals surface area contributed by atoms with Crippen LogP contribution in [0.25, 0.3) is 0 Å². The predicted molar refractivity (Wildman–Crippen MR) is 70.5 cm³/mol. The van der Waals surface area contributed by atoms with E-state index in [0.717, 1.165) is 12.8 Å². The summed E-state index contributed by atoms with van der Waals surface area (Å²) in [5.41, 5.74) is 1.23. The number of hydrogen-bond donors (Lipinski definition) is 1. The second-order valence-corrected chi connectivity index (χ2v) is 5.33. The van der Waals surface area contributed by atoms with Crippen LogP contribution in [0.2, 0.25) is 0 Å². The lowest BCUT2D eigenvalue weighted by Crippen LogP contribution is -2.39. The fraction of sp³-hybridized carbons (Fsp3) is 0.538. The standard InChI is InChI=1S/C13H21O3Si/c1-3-15-17(16-4-2)13-10-6-5-8-12(13)9-7-11-14/h5-6,8,10,14H,3-4,7,9,11H2,1-2H3. The summed E-state index contributed by atoms with van der Waals surface area (Å²) in [6.45, 7) is 5.53. The van der Waals surface area contributed by atoms with Crippen LogP contribution in [-0.4, -0.2) is 34.2 Å². The lowest BCUT2D eigenvalue weighted by atomic mass is 10.1. The molecular weight excluding hydrogens is 232 g/mol. The van der Waals surface area contributed by atoms with Crippen LogP contribution in [0.5, 0.6) is 0 Å². The molecule has 0 aliphatic carbocycles. The van der Waals surface area contributed by atoms with Crippen LogP contribution >= 0.6 is 0 Å². The fourth-order valence-electron chi connectivity index (χ4n) is 1.67. The monoisotopic (exact) mass is 253 g/mol. The first-order valence-corrected chi connectivity index (χ1v) is 7.46. The van der Waals surface area contributed by atoms with Crippen molar-refractivity contribution in [3.05, 3.63) is 29.8 Å². The molecule has 1 N–H and O–H groups in total. The van der Waals surface area contributed by atoms with E-state index in [0.29, 0.717) is 13.2 Å². The number of aryl methyl sites for hydroxylation is 1. The summed E-state index contributed by atoms with van der Waals surface area (Å²) in [6.07, 6.45) is 1.66. The first kappa shape index (κ1) is 14.4. The van der Waals surface area contributed by atoms with Crippen molar-refractivity contribution in [1.82, 2.24) is 0 Å². The third kappa shape index (κ3) is 4.59. The highest BCUT2D eigenvalue weighted by Gasteiger charge is 2.20. The number of hydrogen-bond acceptors (Lipinski definition) is 3. The van der Waals surface area contributed by atoms with Gasteiger partial charge in [0.25, 0.3) is 0 Å². The molecule has 4 heteroatoms. The van der Waals surface area contributed by atoms with Crippen LogP contribution < -0.4 is 5.19 Å². The minimum absolute atomic E-state index is 0.222. The van der Waals surface area contributed by atoms with Gasteiger partial charge in [0, 0.05) is 19.8 Å². The van der Waals surface area contributed by atoms with Crippen molar-refractivity contribution in [3.63, 3.8) is 0 Å². The number of benzene rings is 1. The van der Waals surface area contributed by atoms with Gasteiger partial charge in [-0.1, -0.05) is 24.3 Å². The van der Waals surface area contributed by atoms with Gasteiger partial charge in [0.1, 0.15) is 0 Å². The number of aliphatic hydroxyl groups is 1. The molecular formula is C13H21O3Si. The summed E-state index contributed by atoms with van der Waals surface area (Å²) in [5.74, 6) is 0. The van der Waals surface area contributed by atoms with Gasteiger partial charge < -0.3 is 14.0 Å². The summed E-state index contributed by atoms with van der Waals surface area (Å²) < 4.78 is 11.4. The van der Waals surface area contributed by atoms with Crippen LogP contribution in [0.15, 0.2) is 24.3 Å². The molecule has 0 aliphatic rings. The van der Waals surface area contributed by atoms with Crippen molar-refractivity contribution in [2.24, 2.45) is 0 Å². The van der Waals surface area contributed by atoms with Crippen LogP contribution in [-0.2, 0) is 15.3 Å². The highest BCUT2D eigenvalue weighted by Crippen LogP contribution is 2.04. The van der Waals surface area contributed by atoms with Crippen LogP contribution in [0, 0.1) is 0 Å². The molecule has 0 aromatic heterocycles. The molecule has 0 amide bonds. The quantitative estimate of drug-likeness (QED) is 0.711. The van der Waals surface area contributed by atoms with Crippen LogP contribution in [0.4, 0.5) is 0 Å². The Morgan fingerprint density at radius 1 is 1.12 bits per heavy atom. The van der Waals surface area contributed by atoms with Gasteiger partial charge in [-0.15, -0.1) is 0 Å². The molecule has 0 heterocycles. The van der Waals surface area contributed by atoms with E-state index in [1.54, 1.807) is 0 Å². The average Bonchev–Trinajstić information content (AvgIpc) is 2.36. The Balaban J connectivity index is 2.83. The van der Waals surface area contributed by atoms with E-state index in [1.165, 1.54) is 10.8 Å². The Morgan fingerprint density at radius 2 is 1.76 bits per heavy atom. The molecule has 0 saturated heterocycles. The lowest BCUT2D eigenvalue weighted by Gasteiger charge is -2.16. The summed E-state index contributed by atoms with van der Waals surface area (Å²) in [5, 5.41) is 10.1. The van der Waals surface area contributed by atoms with Crippen molar-refractivity contribution in [2.45, 2.75) is 26.7 Å². The van der Waals surface area contributed by atoms with E-state index in [2.05, 4.69) is 12.1 Å². The van der Waals surface area contributed by atoms with Gasteiger partial charge in [0.15, 0.2) is 0 Å². The molecule has 0 spiro atoms. The maximum atomic E-state index is 8.91. The van der Waals surface area contributed by atoms with E-state index in [9.17, 15) is 0 Å². The summed E-state index contributed by atoms with van der Waals surface area (Å²) >= 11 is 0. The SMILES string of the molecule is CCO[Si](OCC)c1ccccc1CCCO. The summed E-state index contributed by atoms with van der Waals surface area (Å²) in [6, 6.07) is 8.20. The fourth-order valence-corrected chi connectivity index (χ4v) is 3.29. The number of rotatable bonds is 8. The van der Waals surface area contributed by atoms with Crippen LogP contribution in [0.3, 0.4) is 0 Å². The zero-order valence-corrected chi connectivity index (χ0v) is 11.6. The van der Waals surface area contributed by atoms with Crippen molar-refractivity contribution in [3.8, 4) is 0 Å². The van der Waals surface area contributed by atoms with E-state index >= 15 is 0 Å². The molecule has 0 bridgehead atoms. The third-order valence-electron chi connectivity index (χ3n) is 2.39. The van der Waals surface area contributed by atoms with Gasteiger partial charge in [-0.05, 0) is 37.4 Å². The lowest BCUT2D eigenvalue weighted by molar-refractivity contribution is 0.225. The first-order valence-electron chi connectivity index (χ1n) is 6.15. The van der Waals surface area contributed by atoms with Gasteiger partial charge in [-0.3, -0.25) is 0 Å². The Labute approximate surface area is 105 Å². The molecule has 1 aromatic carbocycles.